The molecule has 1 aromatic carbocycles. The van der Waals surface area contributed by atoms with Gasteiger partial charge in [0.1, 0.15) is 0 Å². The second-order valence-corrected chi connectivity index (χ2v) is 4.38. The Labute approximate surface area is 111 Å². The monoisotopic (exact) mass is 253 g/mol. The van der Waals surface area contributed by atoms with Crippen molar-refractivity contribution in [3.05, 3.63) is 60.4 Å². The molecule has 4 nitrogen and oxygen atoms in total. The van der Waals surface area contributed by atoms with Gasteiger partial charge < -0.3 is 4.42 Å². The van der Waals surface area contributed by atoms with Crippen molar-refractivity contribution in [2.45, 2.75) is 19.9 Å². The highest BCUT2D eigenvalue weighted by molar-refractivity contribution is 5.58. The van der Waals surface area contributed by atoms with Gasteiger partial charge in [0.25, 0.3) is 0 Å². The normalized spacial score (nSPS) is 10.8. The summed E-state index contributed by atoms with van der Waals surface area (Å²) in [6.45, 7) is 2.91. The number of aromatic nitrogens is 3. The van der Waals surface area contributed by atoms with Crippen LogP contribution >= 0.6 is 0 Å². The fraction of sp³-hybridized carbons (Fsp3) is 0.200. The molecule has 0 amide bonds. The number of rotatable bonds is 4. The zero-order valence-electron chi connectivity index (χ0n) is 10.8. The van der Waals surface area contributed by atoms with Crippen LogP contribution in [0, 0.1) is 0 Å². The molecule has 0 aliphatic carbocycles. The molecular weight excluding hydrogens is 238 g/mol. The summed E-state index contributed by atoms with van der Waals surface area (Å²) in [5.41, 5.74) is 3.15. The third kappa shape index (κ3) is 2.42. The minimum atomic E-state index is 0.768. The Bertz CT molecular complexity index is 655. The van der Waals surface area contributed by atoms with Gasteiger partial charge in [-0.3, -0.25) is 4.68 Å². The Hall–Kier alpha value is -2.36. The summed E-state index contributed by atoms with van der Waals surface area (Å²) in [5, 5.41) is 4.27. The molecule has 0 bridgehead atoms. The topological polar surface area (TPSA) is 43.9 Å². The van der Waals surface area contributed by atoms with Crippen LogP contribution in [0.2, 0.25) is 0 Å². The number of aryl methyl sites for hydroxylation is 1. The lowest BCUT2D eigenvalue weighted by Gasteiger charge is -1.99. The lowest BCUT2D eigenvalue weighted by atomic mass is 10.1. The minimum Gasteiger partial charge on any atom is -0.443 e. The van der Waals surface area contributed by atoms with Gasteiger partial charge in [-0.1, -0.05) is 30.3 Å². The van der Waals surface area contributed by atoms with Crippen molar-refractivity contribution in [1.29, 1.82) is 0 Å². The van der Waals surface area contributed by atoms with E-state index in [4.69, 9.17) is 4.42 Å². The predicted molar refractivity (Wildman–Crippen MR) is 72.6 cm³/mol. The summed E-state index contributed by atoms with van der Waals surface area (Å²) in [7, 11) is 0. The largest absolute Gasteiger partial charge is 0.443 e. The van der Waals surface area contributed by atoms with Crippen LogP contribution in [0.25, 0.3) is 11.3 Å². The fourth-order valence-corrected chi connectivity index (χ4v) is 2.07. The summed E-state index contributed by atoms with van der Waals surface area (Å²) in [4.78, 5) is 4.32. The van der Waals surface area contributed by atoms with E-state index in [9.17, 15) is 0 Å². The second kappa shape index (κ2) is 5.10. The third-order valence-corrected chi connectivity index (χ3v) is 3.08. The lowest BCUT2D eigenvalue weighted by molar-refractivity contribution is 0.571. The van der Waals surface area contributed by atoms with Crippen molar-refractivity contribution in [3.63, 3.8) is 0 Å². The van der Waals surface area contributed by atoms with Crippen molar-refractivity contribution in [1.82, 2.24) is 14.8 Å². The van der Waals surface area contributed by atoms with Crippen LogP contribution in [-0.2, 0) is 13.0 Å². The second-order valence-electron chi connectivity index (χ2n) is 4.38. The van der Waals surface area contributed by atoms with E-state index in [1.165, 1.54) is 12.0 Å². The molecule has 0 fully saturated rings. The Balaban J connectivity index is 1.90. The Kier molecular flexibility index (Phi) is 3.14. The molecule has 0 saturated carbocycles. The first-order chi connectivity index (χ1) is 9.36. The highest BCUT2D eigenvalue weighted by atomic mass is 16.3. The Morgan fingerprint density at radius 3 is 2.79 bits per heavy atom. The van der Waals surface area contributed by atoms with E-state index in [2.05, 4.69) is 29.1 Å². The van der Waals surface area contributed by atoms with E-state index < -0.39 is 0 Å². The minimum absolute atomic E-state index is 0.768. The Morgan fingerprint density at radius 1 is 1.21 bits per heavy atom. The van der Waals surface area contributed by atoms with Crippen molar-refractivity contribution in [3.8, 4) is 11.3 Å². The molecular formula is C15H15N3O. The Morgan fingerprint density at radius 2 is 2.05 bits per heavy atom. The molecule has 0 aliphatic heterocycles. The molecule has 0 radical (unpaired) electrons. The van der Waals surface area contributed by atoms with Gasteiger partial charge in [0.2, 0.25) is 0 Å². The SMILES string of the molecule is CCn1cc(-c2ocnc2Cc2ccccc2)cn1. The molecule has 2 aromatic heterocycles. The van der Waals surface area contributed by atoms with Gasteiger partial charge in [0.05, 0.1) is 17.5 Å². The summed E-state index contributed by atoms with van der Waals surface area (Å²) >= 11 is 0. The fourth-order valence-electron chi connectivity index (χ4n) is 2.07. The number of hydrogen-bond donors (Lipinski definition) is 0. The molecule has 0 spiro atoms. The zero-order valence-corrected chi connectivity index (χ0v) is 10.8. The molecule has 19 heavy (non-hydrogen) atoms. The number of nitrogens with zero attached hydrogens (tertiary/aromatic N) is 3. The maximum absolute atomic E-state index is 5.52. The molecule has 3 rings (SSSR count). The van der Waals surface area contributed by atoms with Crippen molar-refractivity contribution in [2.75, 3.05) is 0 Å². The highest BCUT2D eigenvalue weighted by Crippen LogP contribution is 2.24. The van der Waals surface area contributed by atoms with Crippen LogP contribution in [0.15, 0.2) is 53.5 Å². The summed E-state index contributed by atoms with van der Waals surface area (Å²) in [6.07, 6.45) is 6.06. The van der Waals surface area contributed by atoms with Crippen LogP contribution < -0.4 is 0 Å². The van der Waals surface area contributed by atoms with E-state index in [1.807, 2.05) is 35.3 Å². The van der Waals surface area contributed by atoms with Crippen LogP contribution in [-0.4, -0.2) is 14.8 Å². The van der Waals surface area contributed by atoms with Crippen molar-refractivity contribution < 1.29 is 4.42 Å². The molecule has 96 valence electrons. The van der Waals surface area contributed by atoms with Crippen molar-refractivity contribution >= 4 is 0 Å². The molecule has 0 aliphatic rings. The van der Waals surface area contributed by atoms with E-state index in [1.54, 1.807) is 0 Å². The van der Waals surface area contributed by atoms with Gasteiger partial charge >= 0.3 is 0 Å². The number of benzene rings is 1. The average molecular weight is 253 g/mol. The van der Waals surface area contributed by atoms with Crippen LogP contribution in [0.5, 0.6) is 0 Å². The van der Waals surface area contributed by atoms with Gasteiger partial charge in [-0.25, -0.2) is 4.98 Å². The predicted octanol–water partition coefficient (Wildman–Crippen LogP) is 3.15. The quantitative estimate of drug-likeness (QED) is 0.717. The highest BCUT2D eigenvalue weighted by Gasteiger charge is 2.13. The third-order valence-electron chi connectivity index (χ3n) is 3.08. The van der Waals surface area contributed by atoms with E-state index in [-0.39, 0.29) is 0 Å². The summed E-state index contributed by atoms with van der Waals surface area (Å²) < 4.78 is 7.40. The van der Waals surface area contributed by atoms with E-state index in [0.29, 0.717) is 0 Å². The summed E-state index contributed by atoms with van der Waals surface area (Å²) in [5.74, 6) is 0.809. The van der Waals surface area contributed by atoms with Crippen LogP contribution in [0.3, 0.4) is 0 Å². The maximum Gasteiger partial charge on any atom is 0.181 e. The van der Waals surface area contributed by atoms with Crippen LogP contribution in [0.4, 0.5) is 0 Å². The van der Waals surface area contributed by atoms with Gasteiger partial charge in [0.15, 0.2) is 12.2 Å². The smallest absolute Gasteiger partial charge is 0.181 e. The number of oxazole rings is 1. The first-order valence-electron chi connectivity index (χ1n) is 6.36. The van der Waals surface area contributed by atoms with Gasteiger partial charge in [0, 0.05) is 19.2 Å². The molecule has 0 atom stereocenters. The van der Waals surface area contributed by atoms with Crippen LogP contribution in [0.1, 0.15) is 18.2 Å². The average Bonchev–Trinajstić information content (AvgIpc) is 3.08. The molecule has 0 N–H and O–H groups in total. The standard InChI is InChI=1S/C15H15N3O/c1-2-18-10-13(9-17-18)15-14(16-11-19-15)8-12-6-4-3-5-7-12/h3-7,9-11H,2,8H2,1H3. The molecule has 4 heteroatoms. The first-order valence-corrected chi connectivity index (χ1v) is 6.36. The maximum atomic E-state index is 5.52. The van der Waals surface area contributed by atoms with Gasteiger partial charge in [-0.05, 0) is 12.5 Å². The first kappa shape index (κ1) is 11.7. The van der Waals surface area contributed by atoms with E-state index >= 15 is 0 Å². The molecule has 3 aromatic rings. The zero-order chi connectivity index (χ0) is 13.1. The van der Waals surface area contributed by atoms with E-state index in [0.717, 1.165) is 30.0 Å². The molecule has 2 heterocycles. The lowest BCUT2D eigenvalue weighted by Crippen LogP contribution is -1.92. The summed E-state index contributed by atoms with van der Waals surface area (Å²) in [6, 6.07) is 10.3. The van der Waals surface area contributed by atoms with Crippen molar-refractivity contribution in [2.24, 2.45) is 0 Å². The van der Waals surface area contributed by atoms with Gasteiger partial charge in [-0.15, -0.1) is 0 Å². The molecule has 0 saturated heterocycles. The number of hydrogen-bond acceptors (Lipinski definition) is 3. The molecule has 0 unspecified atom stereocenters. The van der Waals surface area contributed by atoms with Gasteiger partial charge in [-0.2, -0.15) is 5.10 Å².